The lowest BCUT2D eigenvalue weighted by molar-refractivity contribution is -0.117. The van der Waals surface area contributed by atoms with E-state index >= 15 is 0 Å². The molecule has 1 atom stereocenters. The Hall–Kier alpha value is -0.820. The Morgan fingerprint density at radius 3 is 2.94 bits per heavy atom. The predicted molar refractivity (Wildman–Crippen MR) is 67.9 cm³/mol. The van der Waals surface area contributed by atoms with Gasteiger partial charge in [-0.15, -0.1) is 0 Å². The van der Waals surface area contributed by atoms with Crippen molar-refractivity contribution < 1.29 is 4.79 Å². The van der Waals surface area contributed by atoms with Crippen molar-refractivity contribution in [1.29, 1.82) is 0 Å². The molecule has 1 aromatic rings. The fraction of sp³-hybridized carbons (Fsp3) is 0.444. The molecule has 0 spiro atoms. The molecular weight excluding hydrogens is 292 g/mol. The number of nitrogens with two attached hydrogens (primary N) is 1. The van der Waals surface area contributed by atoms with Gasteiger partial charge in [-0.1, -0.05) is 27.7 Å². The van der Waals surface area contributed by atoms with Crippen LogP contribution < -0.4 is 10.6 Å². The molecule has 7 heteroatoms. The molecule has 1 unspecified atom stereocenters. The number of carbonyl (C=O) groups excluding carboxylic acids is 1. The summed E-state index contributed by atoms with van der Waals surface area (Å²) in [5.41, 5.74) is 5.67. The van der Waals surface area contributed by atoms with Crippen LogP contribution in [-0.4, -0.2) is 33.5 Å². The summed E-state index contributed by atoms with van der Waals surface area (Å²) in [6.07, 6.45) is 2.37. The molecule has 1 fully saturated rings. The second-order valence-electron chi connectivity index (χ2n) is 3.44. The van der Waals surface area contributed by atoms with Gasteiger partial charge < -0.3 is 5.73 Å². The summed E-state index contributed by atoms with van der Waals surface area (Å²) in [6, 6.07) is 1.63. The zero-order valence-electron chi connectivity index (χ0n) is 8.68. The Morgan fingerprint density at radius 2 is 2.38 bits per heavy atom. The standard InChI is InChI=1S/C9H11BrN4OS/c1-16-9-12-6(11)3-7(13-9)14-4-5(10)2-8(14)15/h3,5H,2,4H2,1H3,(H2,11,12,13). The summed E-state index contributed by atoms with van der Waals surface area (Å²) in [4.78, 5) is 21.8. The third-order valence-corrected chi connectivity index (χ3v) is 3.41. The number of hydrogen-bond acceptors (Lipinski definition) is 5. The summed E-state index contributed by atoms with van der Waals surface area (Å²) in [5, 5.41) is 0.584. The minimum Gasteiger partial charge on any atom is -0.383 e. The van der Waals surface area contributed by atoms with Gasteiger partial charge in [0.15, 0.2) is 5.16 Å². The van der Waals surface area contributed by atoms with Crippen molar-refractivity contribution >= 4 is 45.2 Å². The second kappa shape index (κ2) is 4.58. The Bertz CT molecular complexity index is 428. The smallest absolute Gasteiger partial charge is 0.229 e. The summed E-state index contributed by atoms with van der Waals surface area (Å²) in [5.74, 6) is 1.04. The Labute approximate surface area is 106 Å². The highest BCUT2D eigenvalue weighted by Gasteiger charge is 2.30. The van der Waals surface area contributed by atoms with Crippen LogP contribution in [0.2, 0.25) is 0 Å². The minimum atomic E-state index is 0.0621. The number of rotatable bonds is 2. The molecule has 1 amide bonds. The number of alkyl halides is 1. The average Bonchev–Trinajstić information content (AvgIpc) is 2.57. The Balaban J connectivity index is 2.33. The van der Waals surface area contributed by atoms with Gasteiger partial charge in [-0.25, -0.2) is 9.97 Å². The summed E-state index contributed by atoms with van der Waals surface area (Å²) < 4.78 is 0. The van der Waals surface area contributed by atoms with E-state index in [0.717, 1.165) is 0 Å². The fourth-order valence-electron chi connectivity index (χ4n) is 1.55. The second-order valence-corrected chi connectivity index (χ2v) is 5.51. The third kappa shape index (κ3) is 2.30. The normalized spacial score (nSPS) is 20.5. The molecule has 5 nitrogen and oxygen atoms in total. The zero-order valence-corrected chi connectivity index (χ0v) is 11.1. The summed E-state index contributed by atoms with van der Waals surface area (Å²) in [7, 11) is 0. The zero-order chi connectivity index (χ0) is 11.7. The van der Waals surface area contributed by atoms with E-state index < -0.39 is 0 Å². The molecule has 0 aromatic carbocycles. The van der Waals surface area contributed by atoms with Gasteiger partial charge in [-0.05, 0) is 6.26 Å². The number of halogens is 1. The number of hydrogen-bond donors (Lipinski definition) is 1. The van der Waals surface area contributed by atoms with Crippen molar-refractivity contribution in [2.75, 3.05) is 23.4 Å². The first-order valence-electron chi connectivity index (χ1n) is 4.73. The van der Waals surface area contributed by atoms with Gasteiger partial charge in [0.05, 0.1) is 0 Å². The lowest BCUT2D eigenvalue weighted by Gasteiger charge is -2.15. The molecule has 0 aliphatic carbocycles. The third-order valence-electron chi connectivity index (χ3n) is 2.25. The number of amides is 1. The molecule has 86 valence electrons. The quantitative estimate of drug-likeness (QED) is 0.506. The van der Waals surface area contributed by atoms with Crippen LogP contribution in [-0.2, 0) is 4.79 Å². The van der Waals surface area contributed by atoms with Crippen LogP contribution in [0.25, 0.3) is 0 Å². The molecule has 1 saturated heterocycles. The van der Waals surface area contributed by atoms with E-state index in [1.807, 2.05) is 6.26 Å². The van der Waals surface area contributed by atoms with E-state index in [2.05, 4.69) is 25.9 Å². The molecule has 2 rings (SSSR count). The topological polar surface area (TPSA) is 72.1 Å². The highest BCUT2D eigenvalue weighted by atomic mass is 79.9. The molecule has 16 heavy (non-hydrogen) atoms. The van der Waals surface area contributed by atoms with Crippen LogP contribution in [0.4, 0.5) is 11.6 Å². The van der Waals surface area contributed by atoms with E-state index in [4.69, 9.17) is 5.73 Å². The molecule has 0 radical (unpaired) electrons. The van der Waals surface area contributed by atoms with E-state index in [1.165, 1.54) is 11.8 Å². The monoisotopic (exact) mass is 302 g/mol. The van der Waals surface area contributed by atoms with Gasteiger partial charge in [0.2, 0.25) is 5.91 Å². The van der Waals surface area contributed by atoms with Crippen molar-refractivity contribution in [1.82, 2.24) is 9.97 Å². The van der Waals surface area contributed by atoms with E-state index in [9.17, 15) is 4.79 Å². The lowest BCUT2D eigenvalue weighted by atomic mass is 10.4. The highest BCUT2D eigenvalue weighted by molar-refractivity contribution is 9.09. The molecule has 2 heterocycles. The highest BCUT2D eigenvalue weighted by Crippen LogP contribution is 2.25. The number of carbonyl (C=O) groups is 1. The SMILES string of the molecule is CSc1nc(N)cc(N2CC(Br)CC2=O)n1. The molecule has 1 aromatic heterocycles. The van der Waals surface area contributed by atoms with Gasteiger partial charge in [-0.2, -0.15) is 0 Å². The van der Waals surface area contributed by atoms with Crippen molar-refractivity contribution in [3.63, 3.8) is 0 Å². The van der Waals surface area contributed by atoms with E-state index in [-0.39, 0.29) is 10.7 Å². The van der Waals surface area contributed by atoms with Gasteiger partial charge in [0.1, 0.15) is 11.6 Å². The molecule has 0 saturated carbocycles. The van der Waals surface area contributed by atoms with Crippen LogP contribution in [0.1, 0.15) is 6.42 Å². The molecule has 1 aliphatic heterocycles. The predicted octanol–water partition coefficient (Wildman–Crippen LogP) is 1.28. The molecule has 2 N–H and O–H groups in total. The average molecular weight is 303 g/mol. The van der Waals surface area contributed by atoms with Gasteiger partial charge in [0.25, 0.3) is 0 Å². The first kappa shape index (κ1) is 11.7. The van der Waals surface area contributed by atoms with Crippen LogP contribution >= 0.6 is 27.7 Å². The molecule has 1 aliphatic rings. The molecular formula is C9H11BrN4OS. The summed E-state index contributed by atoms with van der Waals surface area (Å²) in [6.45, 7) is 0.628. The van der Waals surface area contributed by atoms with Crippen LogP contribution in [0, 0.1) is 0 Å². The van der Waals surface area contributed by atoms with Crippen LogP contribution in [0.3, 0.4) is 0 Å². The van der Waals surface area contributed by atoms with Crippen LogP contribution in [0.15, 0.2) is 11.2 Å². The number of aromatic nitrogens is 2. The maximum Gasteiger partial charge on any atom is 0.229 e. The number of nitrogens with zero attached hydrogens (tertiary/aromatic N) is 3. The first-order chi connectivity index (χ1) is 7.60. The Morgan fingerprint density at radius 1 is 1.62 bits per heavy atom. The van der Waals surface area contributed by atoms with E-state index in [0.29, 0.717) is 29.8 Å². The first-order valence-corrected chi connectivity index (χ1v) is 6.87. The van der Waals surface area contributed by atoms with Crippen molar-refractivity contribution in [2.24, 2.45) is 0 Å². The van der Waals surface area contributed by atoms with Gasteiger partial charge in [-0.3, -0.25) is 9.69 Å². The minimum absolute atomic E-state index is 0.0621. The number of nitrogen functional groups attached to an aromatic ring is 1. The molecule has 0 bridgehead atoms. The number of anilines is 2. The lowest BCUT2D eigenvalue weighted by Crippen LogP contribution is -2.26. The summed E-state index contributed by atoms with van der Waals surface area (Å²) >= 11 is 4.83. The van der Waals surface area contributed by atoms with Crippen LogP contribution in [0.5, 0.6) is 0 Å². The number of thioether (sulfide) groups is 1. The maximum atomic E-state index is 11.7. The largest absolute Gasteiger partial charge is 0.383 e. The fourth-order valence-corrected chi connectivity index (χ4v) is 2.49. The van der Waals surface area contributed by atoms with Gasteiger partial charge in [0, 0.05) is 23.9 Å². The maximum absolute atomic E-state index is 11.7. The van der Waals surface area contributed by atoms with Gasteiger partial charge >= 0.3 is 0 Å². The Kier molecular flexibility index (Phi) is 3.34. The van der Waals surface area contributed by atoms with Crippen molar-refractivity contribution in [3.05, 3.63) is 6.07 Å². The van der Waals surface area contributed by atoms with Crippen molar-refractivity contribution in [3.8, 4) is 0 Å². The van der Waals surface area contributed by atoms with E-state index in [1.54, 1.807) is 11.0 Å². The van der Waals surface area contributed by atoms with Crippen molar-refractivity contribution in [2.45, 2.75) is 16.4 Å².